The molecule has 0 fully saturated rings. The van der Waals surface area contributed by atoms with Gasteiger partial charge in [0.05, 0.1) is 0 Å². The van der Waals surface area contributed by atoms with Gasteiger partial charge in [0.25, 0.3) is 5.91 Å². The number of carbonyl (C=O) groups is 2. The van der Waals surface area contributed by atoms with Crippen molar-refractivity contribution in [2.24, 2.45) is 0 Å². The molecule has 1 N–H and O–H groups in total. The van der Waals surface area contributed by atoms with Crippen molar-refractivity contribution in [2.45, 2.75) is 27.7 Å². The summed E-state index contributed by atoms with van der Waals surface area (Å²) in [7, 11) is 0. The highest BCUT2D eigenvalue weighted by molar-refractivity contribution is 5.95. The fourth-order valence-corrected chi connectivity index (χ4v) is 1.98. The lowest BCUT2D eigenvalue weighted by Gasteiger charge is -2.12. The summed E-state index contributed by atoms with van der Waals surface area (Å²) in [5.74, 6) is -0.890. The molecule has 0 aliphatic rings. The summed E-state index contributed by atoms with van der Waals surface area (Å²) in [6, 6.07) is 3.99. The Balaban J connectivity index is 2.57. The van der Waals surface area contributed by atoms with E-state index in [0.717, 1.165) is 22.4 Å². The van der Waals surface area contributed by atoms with E-state index in [9.17, 15) is 9.59 Å². The Labute approximate surface area is 125 Å². The maximum Gasteiger partial charge on any atom is 0.331 e. The Kier molecular flexibility index (Phi) is 6.40. The summed E-state index contributed by atoms with van der Waals surface area (Å²) in [5.41, 5.74) is 3.88. The highest BCUT2D eigenvalue weighted by Gasteiger charge is 2.09. The van der Waals surface area contributed by atoms with Gasteiger partial charge >= 0.3 is 5.97 Å². The molecule has 1 amide bonds. The minimum atomic E-state index is -0.541. The number of anilines is 1. The van der Waals surface area contributed by atoms with Crippen molar-refractivity contribution in [2.75, 3.05) is 11.9 Å². The fraction of sp³-hybridized carbons (Fsp3) is 0.294. The number of aryl methyl sites for hydroxylation is 3. The molecule has 0 saturated heterocycles. The molecule has 0 aliphatic carbocycles. The summed E-state index contributed by atoms with van der Waals surface area (Å²) < 4.78 is 4.85. The van der Waals surface area contributed by atoms with Crippen LogP contribution < -0.4 is 5.32 Å². The maximum atomic E-state index is 11.8. The highest BCUT2D eigenvalue weighted by Crippen LogP contribution is 2.21. The van der Waals surface area contributed by atoms with Crippen LogP contribution in [-0.2, 0) is 14.3 Å². The largest absolute Gasteiger partial charge is 0.452 e. The Morgan fingerprint density at radius 3 is 2.33 bits per heavy atom. The van der Waals surface area contributed by atoms with E-state index >= 15 is 0 Å². The molecule has 0 bridgehead atoms. The van der Waals surface area contributed by atoms with Crippen molar-refractivity contribution < 1.29 is 14.3 Å². The van der Waals surface area contributed by atoms with E-state index in [4.69, 9.17) is 4.74 Å². The van der Waals surface area contributed by atoms with Crippen LogP contribution in [0.2, 0.25) is 0 Å². The SMILES string of the molecule is C/C=C/C=C/C(=O)OCC(=O)Nc1c(C)cc(C)cc1C. The number of amides is 1. The quantitative estimate of drug-likeness (QED) is 0.514. The van der Waals surface area contributed by atoms with Gasteiger partial charge in [-0.15, -0.1) is 0 Å². The van der Waals surface area contributed by atoms with E-state index in [-0.39, 0.29) is 12.5 Å². The van der Waals surface area contributed by atoms with Crippen molar-refractivity contribution in [1.82, 2.24) is 0 Å². The molecular formula is C17H21NO3. The van der Waals surface area contributed by atoms with Gasteiger partial charge in [-0.2, -0.15) is 0 Å². The van der Waals surface area contributed by atoms with Gasteiger partial charge in [0.2, 0.25) is 0 Å². The van der Waals surface area contributed by atoms with Crippen LogP contribution >= 0.6 is 0 Å². The summed E-state index contributed by atoms with van der Waals surface area (Å²) in [4.78, 5) is 23.1. The van der Waals surface area contributed by atoms with Gasteiger partial charge in [-0.1, -0.05) is 35.9 Å². The molecule has 4 heteroatoms. The number of allylic oxidation sites excluding steroid dienone is 3. The van der Waals surface area contributed by atoms with Crippen LogP contribution in [-0.4, -0.2) is 18.5 Å². The van der Waals surface area contributed by atoms with Crippen LogP contribution in [0.25, 0.3) is 0 Å². The highest BCUT2D eigenvalue weighted by atomic mass is 16.5. The zero-order valence-electron chi connectivity index (χ0n) is 12.9. The molecule has 0 unspecified atom stereocenters. The summed E-state index contributed by atoms with van der Waals surface area (Å²) in [6.45, 7) is 7.41. The number of carbonyl (C=O) groups excluding carboxylic acids is 2. The smallest absolute Gasteiger partial charge is 0.331 e. The molecule has 0 atom stereocenters. The Bertz CT molecular complexity index is 563. The van der Waals surface area contributed by atoms with Gasteiger partial charge in [-0.3, -0.25) is 4.79 Å². The molecule has 0 heterocycles. The van der Waals surface area contributed by atoms with E-state index in [1.807, 2.05) is 39.8 Å². The maximum absolute atomic E-state index is 11.8. The Morgan fingerprint density at radius 1 is 1.14 bits per heavy atom. The Morgan fingerprint density at radius 2 is 1.76 bits per heavy atom. The lowest BCUT2D eigenvalue weighted by atomic mass is 10.1. The zero-order valence-corrected chi connectivity index (χ0v) is 12.9. The van der Waals surface area contributed by atoms with Crippen LogP contribution in [0.4, 0.5) is 5.69 Å². The minimum Gasteiger partial charge on any atom is -0.452 e. The summed E-state index contributed by atoms with van der Waals surface area (Å²) in [5, 5.41) is 2.77. The average Bonchev–Trinajstić information content (AvgIpc) is 2.41. The second-order valence-corrected chi connectivity index (χ2v) is 4.81. The third kappa shape index (κ3) is 5.65. The summed E-state index contributed by atoms with van der Waals surface area (Å²) >= 11 is 0. The first-order valence-corrected chi connectivity index (χ1v) is 6.78. The fourth-order valence-electron chi connectivity index (χ4n) is 1.98. The predicted molar refractivity (Wildman–Crippen MR) is 84.2 cm³/mol. The second-order valence-electron chi connectivity index (χ2n) is 4.81. The van der Waals surface area contributed by atoms with E-state index in [0.29, 0.717) is 0 Å². The molecule has 0 aromatic heterocycles. The van der Waals surface area contributed by atoms with Crippen LogP contribution in [0.5, 0.6) is 0 Å². The van der Waals surface area contributed by atoms with Gasteiger partial charge < -0.3 is 10.1 Å². The van der Waals surface area contributed by atoms with E-state index in [1.54, 1.807) is 18.2 Å². The molecule has 0 saturated carbocycles. The van der Waals surface area contributed by atoms with E-state index in [2.05, 4.69) is 5.32 Å². The monoisotopic (exact) mass is 287 g/mol. The normalized spacial score (nSPS) is 11.0. The number of esters is 1. The van der Waals surface area contributed by atoms with Crippen LogP contribution in [0.3, 0.4) is 0 Å². The average molecular weight is 287 g/mol. The van der Waals surface area contributed by atoms with Gasteiger partial charge in [-0.05, 0) is 38.8 Å². The second kappa shape index (κ2) is 8.04. The first-order chi connectivity index (χ1) is 9.93. The Hall–Kier alpha value is -2.36. The van der Waals surface area contributed by atoms with Crippen molar-refractivity contribution in [3.05, 3.63) is 53.1 Å². The van der Waals surface area contributed by atoms with Gasteiger partial charge in [0.15, 0.2) is 6.61 Å². The van der Waals surface area contributed by atoms with Crippen molar-refractivity contribution in [3.63, 3.8) is 0 Å². The number of ether oxygens (including phenoxy) is 1. The molecule has 21 heavy (non-hydrogen) atoms. The molecule has 1 aromatic rings. The molecular weight excluding hydrogens is 266 g/mol. The number of nitrogens with one attached hydrogen (secondary N) is 1. The molecule has 0 radical (unpaired) electrons. The first-order valence-electron chi connectivity index (χ1n) is 6.78. The lowest BCUT2D eigenvalue weighted by Crippen LogP contribution is -2.21. The lowest BCUT2D eigenvalue weighted by molar-refractivity contribution is -0.142. The number of benzene rings is 1. The third-order valence-corrected chi connectivity index (χ3v) is 2.82. The van der Waals surface area contributed by atoms with Crippen LogP contribution in [0.1, 0.15) is 23.6 Å². The molecule has 0 spiro atoms. The molecule has 1 aromatic carbocycles. The van der Waals surface area contributed by atoms with Gasteiger partial charge in [0, 0.05) is 11.8 Å². The predicted octanol–water partition coefficient (Wildman–Crippen LogP) is 3.23. The standard InChI is InChI=1S/C17H21NO3/c1-5-6-7-8-16(20)21-11-15(19)18-17-13(3)9-12(2)10-14(17)4/h5-10H,11H2,1-4H3,(H,18,19)/b6-5+,8-7+. The van der Waals surface area contributed by atoms with E-state index in [1.165, 1.54) is 6.08 Å². The third-order valence-electron chi connectivity index (χ3n) is 2.82. The molecule has 4 nitrogen and oxygen atoms in total. The number of hydrogen-bond acceptors (Lipinski definition) is 3. The van der Waals surface area contributed by atoms with Crippen LogP contribution in [0.15, 0.2) is 36.4 Å². The minimum absolute atomic E-state index is 0.300. The van der Waals surface area contributed by atoms with Crippen molar-refractivity contribution in [3.8, 4) is 0 Å². The topological polar surface area (TPSA) is 55.4 Å². The van der Waals surface area contributed by atoms with Gasteiger partial charge in [0.1, 0.15) is 0 Å². The van der Waals surface area contributed by atoms with Crippen molar-refractivity contribution in [1.29, 1.82) is 0 Å². The number of rotatable bonds is 5. The first kappa shape index (κ1) is 16.7. The van der Waals surface area contributed by atoms with Crippen LogP contribution in [0, 0.1) is 20.8 Å². The summed E-state index contributed by atoms with van der Waals surface area (Å²) in [6.07, 6.45) is 6.34. The zero-order chi connectivity index (χ0) is 15.8. The molecule has 0 aliphatic heterocycles. The van der Waals surface area contributed by atoms with E-state index < -0.39 is 5.97 Å². The van der Waals surface area contributed by atoms with Gasteiger partial charge in [-0.25, -0.2) is 4.79 Å². The molecule has 1 rings (SSSR count). The van der Waals surface area contributed by atoms with Crippen molar-refractivity contribution >= 4 is 17.6 Å². The molecule has 112 valence electrons. The number of hydrogen-bond donors (Lipinski definition) is 1.